The standard InChI is InChI=1S/C18H19N3O3/c1-11-19-7-6-14(20-11)18(22)21-17(12-2-3-12)13-4-5-15-16(10-13)24-9-8-23-15/h4-7,10,12,17H,2-3,8-9H2,1H3,(H,21,22)/t17-/m1/s1. The van der Waals surface area contributed by atoms with E-state index in [-0.39, 0.29) is 11.9 Å². The molecule has 1 saturated carbocycles. The zero-order valence-corrected chi connectivity index (χ0v) is 13.5. The smallest absolute Gasteiger partial charge is 0.270 e. The first-order valence-corrected chi connectivity index (χ1v) is 8.21. The molecule has 1 N–H and O–H groups in total. The highest BCUT2D eigenvalue weighted by Crippen LogP contribution is 2.43. The minimum Gasteiger partial charge on any atom is -0.486 e. The lowest BCUT2D eigenvalue weighted by atomic mass is 10.0. The highest BCUT2D eigenvalue weighted by molar-refractivity contribution is 5.92. The van der Waals surface area contributed by atoms with Crippen molar-refractivity contribution in [2.45, 2.75) is 25.8 Å². The third-order valence-electron chi connectivity index (χ3n) is 4.31. The Morgan fingerprint density at radius 2 is 2.00 bits per heavy atom. The number of rotatable bonds is 4. The van der Waals surface area contributed by atoms with Crippen LogP contribution in [0.4, 0.5) is 0 Å². The molecule has 1 aromatic heterocycles. The van der Waals surface area contributed by atoms with Gasteiger partial charge in [0.2, 0.25) is 0 Å². The largest absolute Gasteiger partial charge is 0.486 e. The highest BCUT2D eigenvalue weighted by Gasteiger charge is 2.34. The van der Waals surface area contributed by atoms with Gasteiger partial charge in [0.1, 0.15) is 24.7 Å². The molecule has 0 spiro atoms. The number of hydrogen-bond donors (Lipinski definition) is 1. The van der Waals surface area contributed by atoms with Crippen molar-refractivity contribution in [3.63, 3.8) is 0 Å². The number of nitrogens with one attached hydrogen (secondary N) is 1. The van der Waals surface area contributed by atoms with Gasteiger partial charge in [-0.1, -0.05) is 6.07 Å². The first-order chi connectivity index (χ1) is 11.7. The Hall–Kier alpha value is -2.63. The average molecular weight is 325 g/mol. The summed E-state index contributed by atoms with van der Waals surface area (Å²) in [6.45, 7) is 2.90. The summed E-state index contributed by atoms with van der Waals surface area (Å²) in [5.74, 6) is 2.38. The van der Waals surface area contributed by atoms with Gasteiger partial charge in [-0.2, -0.15) is 0 Å². The van der Waals surface area contributed by atoms with Crippen LogP contribution in [0.1, 0.15) is 40.8 Å². The van der Waals surface area contributed by atoms with Crippen LogP contribution in [-0.2, 0) is 0 Å². The van der Waals surface area contributed by atoms with Crippen molar-refractivity contribution in [2.75, 3.05) is 13.2 Å². The van der Waals surface area contributed by atoms with Gasteiger partial charge in [0.15, 0.2) is 11.5 Å². The first kappa shape index (κ1) is 14.9. The molecule has 0 bridgehead atoms. The van der Waals surface area contributed by atoms with E-state index in [0.717, 1.165) is 29.9 Å². The molecule has 0 unspecified atom stereocenters. The van der Waals surface area contributed by atoms with E-state index in [1.807, 2.05) is 18.2 Å². The van der Waals surface area contributed by atoms with E-state index >= 15 is 0 Å². The molecule has 6 heteroatoms. The molecule has 4 rings (SSSR count). The van der Waals surface area contributed by atoms with Crippen molar-refractivity contribution in [2.24, 2.45) is 5.92 Å². The molecule has 0 radical (unpaired) electrons. The van der Waals surface area contributed by atoms with Crippen LogP contribution in [0.15, 0.2) is 30.5 Å². The zero-order valence-electron chi connectivity index (χ0n) is 13.5. The molecule has 2 aromatic rings. The fraction of sp³-hybridized carbons (Fsp3) is 0.389. The van der Waals surface area contributed by atoms with E-state index in [1.54, 1.807) is 19.2 Å². The number of benzene rings is 1. The second-order valence-corrected chi connectivity index (χ2v) is 6.18. The van der Waals surface area contributed by atoms with E-state index in [1.165, 1.54) is 0 Å². The number of hydrogen-bond acceptors (Lipinski definition) is 5. The van der Waals surface area contributed by atoms with Crippen LogP contribution in [0, 0.1) is 12.8 Å². The minimum absolute atomic E-state index is 0.0383. The maximum atomic E-state index is 12.5. The Labute approximate surface area is 140 Å². The molecule has 1 aromatic carbocycles. The van der Waals surface area contributed by atoms with Gasteiger partial charge in [0.25, 0.3) is 5.91 Å². The van der Waals surface area contributed by atoms with Crippen molar-refractivity contribution < 1.29 is 14.3 Å². The summed E-state index contributed by atoms with van der Waals surface area (Å²) >= 11 is 0. The molecular formula is C18H19N3O3. The van der Waals surface area contributed by atoms with Crippen LogP contribution in [0.5, 0.6) is 11.5 Å². The second kappa shape index (κ2) is 6.11. The highest BCUT2D eigenvalue weighted by atomic mass is 16.6. The molecule has 24 heavy (non-hydrogen) atoms. The van der Waals surface area contributed by atoms with E-state index in [0.29, 0.717) is 30.7 Å². The number of ether oxygens (including phenoxy) is 2. The average Bonchev–Trinajstić information content (AvgIpc) is 3.44. The SMILES string of the molecule is Cc1nccc(C(=O)N[C@@H](c2ccc3c(c2)OCCO3)C2CC2)n1. The summed E-state index contributed by atoms with van der Waals surface area (Å²) in [4.78, 5) is 20.8. The van der Waals surface area contributed by atoms with Crippen LogP contribution in [-0.4, -0.2) is 29.1 Å². The Balaban J connectivity index is 1.57. The van der Waals surface area contributed by atoms with Gasteiger partial charge in [0, 0.05) is 6.20 Å². The van der Waals surface area contributed by atoms with Crippen LogP contribution in [0.25, 0.3) is 0 Å². The molecule has 1 fully saturated rings. The number of fused-ring (bicyclic) bond motifs is 1. The van der Waals surface area contributed by atoms with Gasteiger partial charge < -0.3 is 14.8 Å². The van der Waals surface area contributed by atoms with Crippen LogP contribution >= 0.6 is 0 Å². The molecule has 0 saturated heterocycles. The van der Waals surface area contributed by atoms with Crippen LogP contribution in [0.2, 0.25) is 0 Å². The van der Waals surface area contributed by atoms with E-state index < -0.39 is 0 Å². The van der Waals surface area contributed by atoms with Gasteiger partial charge in [-0.05, 0) is 49.4 Å². The number of aryl methyl sites for hydroxylation is 1. The van der Waals surface area contributed by atoms with Crippen molar-refractivity contribution in [3.8, 4) is 11.5 Å². The summed E-state index contributed by atoms with van der Waals surface area (Å²) in [7, 11) is 0. The molecular weight excluding hydrogens is 306 g/mol. The fourth-order valence-electron chi connectivity index (χ4n) is 2.95. The Morgan fingerprint density at radius 1 is 1.21 bits per heavy atom. The van der Waals surface area contributed by atoms with Crippen molar-refractivity contribution in [3.05, 3.63) is 47.5 Å². The zero-order chi connectivity index (χ0) is 16.5. The van der Waals surface area contributed by atoms with E-state index in [9.17, 15) is 4.79 Å². The lowest BCUT2D eigenvalue weighted by molar-refractivity contribution is 0.0926. The molecule has 1 amide bonds. The van der Waals surface area contributed by atoms with Crippen molar-refractivity contribution in [1.82, 2.24) is 15.3 Å². The third kappa shape index (κ3) is 3.04. The van der Waals surface area contributed by atoms with Gasteiger partial charge >= 0.3 is 0 Å². The number of carbonyl (C=O) groups excluding carboxylic acids is 1. The van der Waals surface area contributed by atoms with Gasteiger partial charge in [-0.25, -0.2) is 9.97 Å². The van der Waals surface area contributed by atoms with Crippen molar-refractivity contribution >= 4 is 5.91 Å². The van der Waals surface area contributed by atoms with Gasteiger partial charge in [-0.15, -0.1) is 0 Å². The molecule has 124 valence electrons. The minimum atomic E-state index is -0.174. The maximum absolute atomic E-state index is 12.5. The van der Waals surface area contributed by atoms with E-state index in [2.05, 4.69) is 15.3 Å². The summed E-state index contributed by atoms with van der Waals surface area (Å²) in [5.41, 5.74) is 1.44. The molecule has 2 heterocycles. The Morgan fingerprint density at radius 3 is 2.75 bits per heavy atom. The van der Waals surface area contributed by atoms with E-state index in [4.69, 9.17) is 9.47 Å². The number of carbonyl (C=O) groups is 1. The summed E-state index contributed by atoms with van der Waals surface area (Å²) in [5, 5.41) is 3.12. The Kier molecular flexibility index (Phi) is 3.80. The normalized spacial score (nSPS) is 17.2. The monoisotopic (exact) mass is 325 g/mol. The summed E-state index contributed by atoms with van der Waals surface area (Å²) in [6.07, 6.45) is 3.83. The quantitative estimate of drug-likeness (QED) is 0.934. The summed E-state index contributed by atoms with van der Waals surface area (Å²) < 4.78 is 11.2. The molecule has 1 atom stereocenters. The topological polar surface area (TPSA) is 73.3 Å². The predicted octanol–water partition coefficient (Wildman–Crippen LogP) is 2.44. The predicted molar refractivity (Wildman–Crippen MR) is 87.1 cm³/mol. The Bertz CT molecular complexity index is 774. The summed E-state index contributed by atoms with van der Waals surface area (Å²) in [6, 6.07) is 7.49. The lowest BCUT2D eigenvalue weighted by Crippen LogP contribution is -2.30. The number of aromatic nitrogens is 2. The first-order valence-electron chi connectivity index (χ1n) is 8.21. The second-order valence-electron chi connectivity index (χ2n) is 6.18. The lowest BCUT2D eigenvalue weighted by Gasteiger charge is -2.23. The number of nitrogens with zero attached hydrogens (tertiary/aromatic N) is 2. The molecule has 1 aliphatic carbocycles. The molecule has 2 aliphatic rings. The third-order valence-corrected chi connectivity index (χ3v) is 4.31. The number of amides is 1. The van der Waals surface area contributed by atoms with Crippen LogP contribution in [0.3, 0.4) is 0 Å². The molecule has 6 nitrogen and oxygen atoms in total. The maximum Gasteiger partial charge on any atom is 0.270 e. The van der Waals surface area contributed by atoms with Gasteiger partial charge in [0.05, 0.1) is 6.04 Å². The van der Waals surface area contributed by atoms with Crippen LogP contribution < -0.4 is 14.8 Å². The molecule has 1 aliphatic heterocycles. The van der Waals surface area contributed by atoms with Gasteiger partial charge in [-0.3, -0.25) is 4.79 Å². The fourth-order valence-corrected chi connectivity index (χ4v) is 2.95. The van der Waals surface area contributed by atoms with Crippen molar-refractivity contribution in [1.29, 1.82) is 0 Å².